The first-order valence-corrected chi connectivity index (χ1v) is 7.15. The Kier molecular flexibility index (Phi) is 3.70. The van der Waals surface area contributed by atoms with Gasteiger partial charge in [-0.15, -0.1) is 0 Å². The lowest BCUT2D eigenvalue weighted by atomic mass is 9.67. The fourth-order valence-electron chi connectivity index (χ4n) is 3.05. The molecule has 15 heavy (non-hydrogen) atoms. The summed E-state index contributed by atoms with van der Waals surface area (Å²) in [5.74, 6) is 0.607. The van der Waals surface area contributed by atoms with Crippen LogP contribution in [0.2, 0.25) is 0 Å². The van der Waals surface area contributed by atoms with E-state index in [4.69, 9.17) is 4.74 Å². The van der Waals surface area contributed by atoms with Crippen LogP contribution in [0.4, 0.5) is 0 Å². The second-order valence-electron chi connectivity index (χ2n) is 4.86. The van der Waals surface area contributed by atoms with Crippen molar-refractivity contribution in [1.82, 2.24) is 0 Å². The molecule has 1 saturated carbocycles. The first kappa shape index (κ1) is 11.4. The number of esters is 1. The van der Waals surface area contributed by atoms with E-state index < -0.39 is 0 Å². The van der Waals surface area contributed by atoms with Crippen molar-refractivity contribution in [3.63, 3.8) is 0 Å². The molecule has 0 amide bonds. The molecule has 1 heterocycles. The number of hydrogen-bond donors (Lipinski definition) is 0. The highest BCUT2D eigenvalue weighted by atomic mass is 79.9. The molecule has 0 aromatic heterocycles. The van der Waals surface area contributed by atoms with E-state index in [0.717, 1.165) is 18.2 Å². The van der Waals surface area contributed by atoms with Gasteiger partial charge in [0.05, 0.1) is 12.0 Å². The molecule has 86 valence electrons. The quantitative estimate of drug-likeness (QED) is 0.571. The first-order chi connectivity index (χ1) is 7.29. The van der Waals surface area contributed by atoms with E-state index in [0.29, 0.717) is 12.5 Å². The van der Waals surface area contributed by atoms with Crippen LogP contribution in [-0.2, 0) is 9.53 Å². The van der Waals surface area contributed by atoms with Crippen LogP contribution in [0.25, 0.3) is 0 Å². The number of rotatable bonds is 2. The van der Waals surface area contributed by atoms with Gasteiger partial charge in [-0.3, -0.25) is 4.79 Å². The van der Waals surface area contributed by atoms with E-state index in [-0.39, 0.29) is 11.4 Å². The minimum absolute atomic E-state index is 0.0533. The van der Waals surface area contributed by atoms with Gasteiger partial charge in [0, 0.05) is 5.33 Å². The highest BCUT2D eigenvalue weighted by Crippen LogP contribution is 2.45. The van der Waals surface area contributed by atoms with Crippen LogP contribution >= 0.6 is 15.9 Å². The molecule has 1 atom stereocenters. The summed E-state index contributed by atoms with van der Waals surface area (Å²) in [4.78, 5) is 12.0. The Balaban J connectivity index is 2.14. The summed E-state index contributed by atoms with van der Waals surface area (Å²) in [7, 11) is 0. The van der Waals surface area contributed by atoms with Crippen LogP contribution in [0.15, 0.2) is 0 Å². The van der Waals surface area contributed by atoms with E-state index in [9.17, 15) is 4.79 Å². The Hall–Kier alpha value is -0.0500. The van der Waals surface area contributed by atoms with Crippen LogP contribution in [0, 0.1) is 11.3 Å². The normalized spacial score (nSPS) is 33.8. The molecule has 2 rings (SSSR count). The maximum atomic E-state index is 12.0. The van der Waals surface area contributed by atoms with Gasteiger partial charge < -0.3 is 4.74 Å². The largest absolute Gasteiger partial charge is 0.465 e. The molecular formula is C12H19BrO2. The fourth-order valence-corrected chi connectivity index (χ4v) is 4.02. The van der Waals surface area contributed by atoms with Gasteiger partial charge in [-0.25, -0.2) is 0 Å². The van der Waals surface area contributed by atoms with E-state index in [1.165, 1.54) is 32.1 Å². The number of halogens is 1. The van der Waals surface area contributed by atoms with Crippen molar-refractivity contribution in [2.75, 3.05) is 11.9 Å². The van der Waals surface area contributed by atoms with Crippen molar-refractivity contribution in [3.8, 4) is 0 Å². The molecule has 1 saturated heterocycles. The number of ether oxygens (including phenoxy) is 1. The lowest BCUT2D eigenvalue weighted by Gasteiger charge is -2.41. The Bertz CT molecular complexity index is 236. The lowest BCUT2D eigenvalue weighted by Crippen LogP contribution is -2.45. The zero-order valence-electron chi connectivity index (χ0n) is 9.14. The average molecular weight is 275 g/mol. The number of alkyl halides is 1. The Morgan fingerprint density at radius 3 is 2.60 bits per heavy atom. The smallest absolute Gasteiger partial charge is 0.313 e. The monoisotopic (exact) mass is 274 g/mol. The van der Waals surface area contributed by atoms with Gasteiger partial charge >= 0.3 is 5.97 Å². The van der Waals surface area contributed by atoms with Crippen molar-refractivity contribution in [3.05, 3.63) is 0 Å². The highest BCUT2D eigenvalue weighted by Gasteiger charge is 2.47. The molecule has 0 aromatic rings. The SMILES string of the molecule is O=C1OCCC[C@@]1(CBr)C1CCCCC1. The summed E-state index contributed by atoms with van der Waals surface area (Å²) < 4.78 is 5.27. The molecule has 0 N–H and O–H groups in total. The maximum absolute atomic E-state index is 12.0. The van der Waals surface area contributed by atoms with Crippen molar-refractivity contribution in [1.29, 1.82) is 0 Å². The lowest BCUT2D eigenvalue weighted by molar-refractivity contribution is -0.165. The Morgan fingerprint density at radius 1 is 1.27 bits per heavy atom. The third kappa shape index (κ3) is 2.08. The molecule has 2 fully saturated rings. The topological polar surface area (TPSA) is 26.3 Å². The van der Waals surface area contributed by atoms with E-state index in [1.54, 1.807) is 0 Å². The Labute approximate surface area is 99.9 Å². The molecule has 2 aliphatic rings. The second-order valence-corrected chi connectivity index (χ2v) is 5.42. The zero-order valence-corrected chi connectivity index (χ0v) is 10.7. The van der Waals surface area contributed by atoms with Gasteiger partial charge in [0.2, 0.25) is 0 Å². The molecule has 3 heteroatoms. The predicted octanol–water partition coefficient (Wildman–Crippen LogP) is 3.29. The summed E-state index contributed by atoms with van der Waals surface area (Å²) >= 11 is 3.54. The van der Waals surface area contributed by atoms with Gasteiger partial charge in [-0.2, -0.15) is 0 Å². The fraction of sp³-hybridized carbons (Fsp3) is 0.917. The molecule has 0 aromatic carbocycles. The van der Waals surface area contributed by atoms with Gasteiger partial charge in [0.1, 0.15) is 0 Å². The van der Waals surface area contributed by atoms with Crippen molar-refractivity contribution in [2.24, 2.45) is 11.3 Å². The van der Waals surface area contributed by atoms with E-state index in [1.807, 2.05) is 0 Å². The molecule has 1 aliphatic carbocycles. The first-order valence-electron chi connectivity index (χ1n) is 6.03. The standard InChI is InChI=1S/C12H19BrO2/c13-9-12(7-4-8-15-11(12)14)10-5-2-1-3-6-10/h10H,1-9H2/t12-/m1/s1. The predicted molar refractivity (Wildman–Crippen MR) is 63.0 cm³/mol. The summed E-state index contributed by atoms with van der Waals surface area (Å²) in [5, 5.41) is 0.781. The average Bonchev–Trinajstić information content (AvgIpc) is 2.31. The number of cyclic esters (lactones) is 1. The minimum Gasteiger partial charge on any atom is -0.465 e. The molecule has 0 bridgehead atoms. The summed E-state index contributed by atoms with van der Waals surface area (Å²) in [6.07, 6.45) is 8.38. The zero-order chi connectivity index (χ0) is 10.7. The van der Waals surface area contributed by atoms with E-state index in [2.05, 4.69) is 15.9 Å². The Morgan fingerprint density at radius 2 is 2.00 bits per heavy atom. The molecule has 0 radical (unpaired) electrons. The van der Waals surface area contributed by atoms with Crippen LogP contribution in [0.5, 0.6) is 0 Å². The van der Waals surface area contributed by atoms with Gasteiger partial charge in [-0.05, 0) is 31.6 Å². The van der Waals surface area contributed by atoms with Crippen molar-refractivity contribution in [2.45, 2.75) is 44.9 Å². The molecule has 1 aliphatic heterocycles. The van der Waals surface area contributed by atoms with Crippen LogP contribution in [0.3, 0.4) is 0 Å². The number of carbonyl (C=O) groups is 1. The van der Waals surface area contributed by atoms with E-state index >= 15 is 0 Å². The van der Waals surface area contributed by atoms with Crippen LogP contribution < -0.4 is 0 Å². The van der Waals surface area contributed by atoms with Crippen molar-refractivity contribution >= 4 is 21.9 Å². The van der Waals surface area contributed by atoms with Crippen LogP contribution in [-0.4, -0.2) is 17.9 Å². The summed E-state index contributed by atoms with van der Waals surface area (Å²) in [6, 6.07) is 0. The molecular weight excluding hydrogens is 256 g/mol. The third-order valence-corrected chi connectivity index (χ3v) is 5.03. The molecule has 0 unspecified atom stereocenters. The number of hydrogen-bond acceptors (Lipinski definition) is 2. The maximum Gasteiger partial charge on any atom is 0.313 e. The summed E-state index contributed by atoms with van der Waals surface area (Å²) in [6.45, 7) is 0.625. The van der Waals surface area contributed by atoms with Gasteiger partial charge in [0.15, 0.2) is 0 Å². The highest BCUT2D eigenvalue weighted by molar-refractivity contribution is 9.09. The summed E-state index contributed by atoms with van der Waals surface area (Å²) in [5.41, 5.74) is -0.196. The number of carbonyl (C=O) groups excluding carboxylic acids is 1. The van der Waals surface area contributed by atoms with Gasteiger partial charge in [-0.1, -0.05) is 35.2 Å². The van der Waals surface area contributed by atoms with Crippen molar-refractivity contribution < 1.29 is 9.53 Å². The molecule has 2 nitrogen and oxygen atoms in total. The molecule has 0 spiro atoms. The van der Waals surface area contributed by atoms with Gasteiger partial charge in [0.25, 0.3) is 0 Å². The van der Waals surface area contributed by atoms with Crippen LogP contribution in [0.1, 0.15) is 44.9 Å². The third-order valence-electron chi connectivity index (χ3n) is 4.03. The second kappa shape index (κ2) is 4.86. The minimum atomic E-state index is -0.196.